The second kappa shape index (κ2) is 7.62. The number of imide groups is 1. The number of urea groups is 1. The van der Waals surface area contributed by atoms with Gasteiger partial charge in [-0.15, -0.1) is 0 Å². The zero-order valence-corrected chi connectivity index (χ0v) is 10.6. The number of primary amides is 1. The predicted molar refractivity (Wildman–Crippen MR) is 69.7 cm³/mol. The standard InChI is InChI=1S/C12H15N3O5/c13-8-1-3-9(4-2-8)19-6-5-11(17)20-7-10(16)15-12(14)18/h1-4H,5-7,13H2,(H3,14,15,16,18). The lowest BCUT2D eigenvalue weighted by molar-refractivity contribution is -0.148. The number of esters is 1. The fourth-order valence-corrected chi connectivity index (χ4v) is 1.21. The smallest absolute Gasteiger partial charge is 0.318 e. The van der Waals surface area contributed by atoms with Crippen LogP contribution >= 0.6 is 0 Å². The molecule has 0 spiro atoms. The van der Waals surface area contributed by atoms with E-state index in [1.807, 2.05) is 0 Å². The molecular formula is C12H15N3O5. The van der Waals surface area contributed by atoms with Gasteiger partial charge in [-0.05, 0) is 24.3 Å². The Morgan fingerprint density at radius 1 is 1.15 bits per heavy atom. The summed E-state index contributed by atoms with van der Waals surface area (Å²) in [4.78, 5) is 32.5. The molecule has 0 radical (unpaired) electrons. The van der Waals surface area contributed by atoms with Crippen LogP contribution in [0.15, 0.2) is 24.3 Å². The van der Waals surface area contributed by atoms with Crippen molar-refractivity contribution in [2.24, 2.45) is 5.73 Å². The van der Waals surface area contributed by atoms with Gasteiger partial charge in [-0.1, -0.05) is 0 Å². The van der Waals surface area contributed by atoms with Crippen LogP contribution in [-0.2, 0) is 14.3 Å². The Kier molecular flexibility index (Phi) is 5.82. The number of ether oxygens (including phenoxy) is 2. The third-order valence-corrected chi connectivity index (χ3v) is 2.08. The van der Waals surface area contributed by atoms with Gasteiger partial charge >= 0.3 is 12.0 Å². The van der Waals surface area contributed by atoms with Crippen molar-refractivity contribution in [3.63, 3.8) is 0 Å². The van der Waals surface area contributed by atoms with Gasteiger partial charge < -0.3 is 20.9 Å². The van der Waals surface area contributed by atoms with Gasteiger partial charge in [0, 0.05) is 5.69 Å². The Hall–Kier alpha value is -2.77. The Morgan fingerprint density at radius 3 is 2.40 bits per heavy atom. The minimum absolute atomic E-state index is 0.0335. The van der Waals surface area contributed by atoms with Crippen molar-refractivity contribution in [2.45, 2.75) is 6.42 Å². The van der Waals surface area contributed by atoms with Crippen molar-refractivity contribution in [1.82, 2.24) is 5.32 Å². The van der Waals surface area contributed by atoms with Gasteiger partial charge in [0.2, 0.25) is 0 Å². The van der Waals surface area contributed by atoms with E-state index in [1.165, 1.54) is 0 Å². The number of anilines is 1. The van der Waals surface area contributed by atoms with Crippen molar-refractivity contribution in [1.29, 1.82) is 0 Å². The van der Waals surface area contributed by atoms with Gasteiger partial charge in [-0.25, -0.2) is 4.79 Å². The number of amides is 3. The number of rotatable bonds is 6. The van der Waals surface area contributed by atoms with Crippen molar-refractivity contribution in [2.75, 3.05) is 18.9 Å². The zero-order chi connectivity index (χ0) is 15.0. The molecule has 0 bridgehead atoms. The van der Waals surface area contributed by atoms with Gasteiger partial charge in [0.05, 0.1) is 13.0 Å². The lowest BCUT2D eigenvalue weighted by atomic mass is 10.3. The van der Waals surface area contributed by atoms with Gasteiger partial charge in [0.1, 0.15) is 5.75 Å². The lowest BCUT2D eigenvalue weighted by Crippen LogP contribution is -2.37. The summed E-state index contributed by atoms with van der Waals surface area (Å²) >= 11 is 0. The molecule has 0 atom stereocenters. The SMILES string of the molecule is NC(=O)NC(=O)COC(=O)CCOc1ccc(N)cc1. The van der Waals surface area contributed by atoms with E-state index in [9.17, 15) is 14.4 Å². The van der Waals surface area contributed by atoms with E-state index >= 15 is 0 Å². The highest BCUT2D eigenvalue weighted by Gasteiger charge is 2.09. The molecule has 3 amide bonds. The van der Waals surface area contributed by atoms with E-state index in [2.05, 4.69) is 4.74 Å². The van der Waals surface area contributed by atoms with E-state index in [0.717, 1.165) is 0 Å². The van der Waals surface area contributed by atoms with E-state index < -0.39 is 24.5 Å². The quantitative estimate of drug-likeness (QED) is 0.487. The first kappa shape index (κ1) is 15.3. The molecular weight excluding hydrogens is 266 g/mol. The van der Waals surface area contributed by atoms with Crippen LogP contribution in [0, 0.1) is 0 Å². The molecule has 0 fully saturated rings. The summed E-state index contributed by atoms with van der Waals surface area (Å²) in [6.07, 6.45) is -0.0335. The molecule has 0 saturated heterocycles. The van der Waals surface area contributed by atoms with Crippen LogP contribution in [0.5, 0.6) is 5.75 Å². The third-order valence-electron chi connectivity index (χ3n) is 2.08. The summed E-state index contributed by atoms with van der Waals surface area (Å²) < 4.78 is 9.87. The lowest BCUT2D eigenvalue weighted by Gasteiger charge is -2.06. The number of hydrogen-bond donors (Lipinski definition) is 3. The fourth-order valence-electron chi connectivity index (χ4n) is 1.21. The monoisotopic (exact) mass is 281 g/mol. The molecule has 5 N–H and O–H groups in total. The third kappa shape index (κ3) is 6.24. The topological polar surface area (TPSA) is 134 Å². The molecule has 20 heavy (non-hydrogen) atoms. The molecule has 0 aromatic heterocycles. The van der Waals surface area contributed by atoms with E-state index in [4.69, 9.17) is 16.2 Å². The number of nitrogens with two attached hydrogens (primary N) is 2. The van der Waals surface area contributed by atoms with Crippen LogP contribution in [0.2, 0.25) is 0 Å². The largest absolute Gasteiger partial charge is 0.493 e. The summed E-state index contributed by atoms with van der Waals surface area (Å²) in [5.41, 5.74) is 10.8. The molecule has 0 aliphatic heterocycles. The average molecular weight is 281 g/mol. The summed E-state index contributed by atoms with van der Waals surface area (Å²) in [5, 5.41) is 1.76. The van der Waals surface area contributed by atoms with E-state index in [1.54, 1.807) is 29.6 Å². The van der Waals surface area contributed by atoms with Crippen molar-refractivity contribution >= 4 is 23.6 Å². The maximum absolute atomic E-state index is 11.3. The van der Waals surface area contributed by atoms with Crippen molar-refractivity contribution in [3.8, 4) is 5.75 Å². The van der Waals surface area contributed by atoms with Gasteiger partial charge in [-0.3, -0.25) is 14.9 Å². The second-order valence-electron chi connectivity index (χ2n) is 3.74. The normalized spacial score (nSPS) is 9.60. The molecule has 108 valence electrons. The molecule has 0 unspecified atom stereocenters. The maximum Gasteiger partial charge on any atom is 0.318 e. The predicted octanol–water partition coefficient (Wildman–Crippen LogP) is -0.224. The zero-order valence-electron chi connectivity index (χ0n) is 10.6. The fraction of sp³-hybridized carbons (Fsp3) is 0.250. The first-order valence-electron chi connectivity index (χ1n) is 5.70. The highest BCUT2D eigenvalue weighted by Crippen LogP contribution is 2.13. The van der Waals surface area contributed by atoms with Crippen LogP contribution in [-0.4, -0.2) is 31.1 Å². The van der Waals surface area contributed by atoms with Crippen LogP contribution in [0.3, 0.4) is 0 Å². The Balaban J connectivity index is 2.18. The number of benzene rings is 1. The number of nitrogens with one attached hydrogen (secondary N) is 1. The molecule has 1 rings (SSSR count). The van der Waals surface area contributed by atoms with Crippen LogP contribution in [0.4, 0.5) is 10.5 Å². The number of nitrogen functional groups attached to an aromatic ring is 1. The number of hydrogen-bond acceptors (Lipinski definition) is 6. The maximum atomic E-state index is 11.3. The molecule has 1 aromatic rings. The highest BCUT2D eigenvalue weighted by atomic mass is 16.5. The first-order chi connectivity index (χ1) is 9.47. The molecule has 8 heteroatoms. The Bertz CT molecular complexity index is 486. The highest BCUT2D eigenvalue weighted by molar-refractivity contribution is 5.94. The summed E-state index contributed by atoms with van der Waals surface area (Å²) in [6, 6.07) is 5.67. The number of carbonyl (C=O) groups excluding carboxylic acids is 3. The summed E-state index contributed by atoms with van der Waals surface area (Å²) in [5.74, 6) is -0.844. The minimum Gasteiger partial charge on any atom is -0.493 e. The van der Waals surface area contributed by atoms with Crippen molar-refractivity contribution in [3.05, 3.63) is 24.3 Å². The molecule has 1 aromatic carbocycles. The Labute approximate surface area is 115 Å². The molecule has 0 saturated carbocycles. The summed E-state index contributed by atoms with van der Waals surface area (Å²) in [6.45, 7) is -0.468. The summed E-state index contributed by atoms with van der Waals surface area (Å²) in [7, 11) is 0. The number of carbonyl (C=O) groups is 3. The van der Waals surface area contributed by atoms with Crippen LogP contribution < -0.4 is 21.5 Å². The first-order valence-corrected chi connectivity index (χ1v) is 5.70. The Morgan fingerprint density at radius 2 is 1.80 bits per heavy atom. The molecule has 0 heterocycles. The molecule has 8 nitrogen and oxygen atoms in total. The van der Waals surface area contributed by atoms with Gasteiger partial charge in [0.25, 0.3) is 5.91 Å². The van der Waals surface area contributed by atoms with Gasteiger partial charge in [0.15, 0.2) is 6.61 Å². The van der Waals surface area contributed by atoms with E-state index in [0.29, 0.717) is 11.4 Å². The minimum atomic E-state index is -1.00. The van der Waals surface area contributed by atoms with Gasteiger partial charge in [-0.2, -0.15) is 0 Å². The average Bonchev–Trinajstić information content (AvgIpc) is 2.38. The van der Waals surface area contributed by atoms with Crippen molar-refractivity contribution < 1.29 is 23.9 Å². The van der Waals surface area contributed by atoms with Crippen LogP contribution in [0.25, 0.3) is 0 Å². The van der Waals surface area contributed by atoms with Crippen LogP contribution in [0.1, 0.15) is 6.42 Å². The second-order valence-corrected chi connectivity index (χ2v) is 3.74. The molecule has 0 aliphatic carbocycles. The van der Waals surface area contributed by atoms with E-state index in [-0.39, 0.29) is 13.0 Å². The molecule has 0 aliphatic rings.